The van der Waals surface area contributed by atoms with Gasteiger partial charge in [-0.15, -0.1) is 21.5 Å². The van der Waals surface area contributed by atoms with Gasteiger partial charge in [0.15, 0.2) is 11.0 Å². The van der Waals surface area contributed by atoms with E-state index in [0.29, 0.717) is 6.04 Å². The van der Waals surface area contributed by atoms with Crippen LogP contribution in [0.2, 0.25) is 0 Å². The number of fused-ring (bicyclic) bond motifs is 1. The lowest BCUT2D eigenvalue weighted by Crippen LogP contribution is -2.10. The molecule has 4 rings (SSSR count). The lowest BCUT2D eigenvalue weighted by atomic mass is 9.88. The Labute approximate surface area is 170 Å². The number of rotatable bonds is 5. The maximum absolute atomic E-state index is 4.63. The van der Waals surface area contributed by atoms with E-state index in [4.69, 9.17) is 0 Å². The van der Waals surface area contributed by atoms with Crippen molar-refractivity contribution < 1.29 is 0 Å². The molecule has 1 aliphatic carbocycles. The van der Waals surface area contributed by atoms with Crippen molar-refractivity contribution in [3.8, 4) is 11.4 Å². The van der Waals surface area contributed by atoms with E-state index in [1.54, 1.807) is 16.6 Å². The number of thiophene rings is 1. The molecule has 0 fully saturated rings. The van der Waals surface area contributed by atoms with Crippen LogP contribution in [0.4, 0.5) is 0 Å². The fourth-order valence-electron chi connectivity index (χ4n) is 3.72. The second-order valence-electron chi connectivity index (χ2n) is 7.94. The van der Waals surface area contributed by atoms with Crippen molar-refractivity contribution in [3.05, 3.63) is 51.2 Å². The van der Waals surface area contributed by atoms with Gasteiger partial charge in [0.2, 0.25) is 0 Å². The molecule has 1 aliphatic rings. The normalized spacial score (nSPS) is 16.7. The fourth-order valence-corrected chi connectivity index (χ4v) is 5.99. The van der Waals surface area contributed by atoms with E-state index in [1.807, 2.05) is 11.3 Å². The summed E-state index contributed by atoms with van der Waals surface area (Å²) in [5.74, 6) is 2.76. The molecule has 0 bridgehead atoms. The predicted octanol–water partition coefficient (Wildman–Crippen LogP) is 6.31. The zero-order chi connectivity index (χ0) is 19.0. The van der Waals surface area contributed by atoms with Crippen LogP contribution in [-0.2, 0) is 18.6 Å². The molecule has 0 saturated carbocycles. The van der Waals surface area contributed by atoms with Gasteiger partial charge < -0.3 is 0 Å². The molecular formula is C22H27N3S2. The maximum atomic E-state index is 4.63. The summed E-state index contributed by atoms with van der Waals surface area (Å²) in [4.78, 5) is 1.55. The first-order chi connectivity index (χ1) is 13.0. The van der Waals surface area contributed by atoms with E-state index in [9.17, 15) is 0 Å². The van der Waals surface area contributed by atoms with Gasteiger partial charge in [0.25, 0.3) is 0 Å². The van der Waals surface area contributed by atoms with Gasteiger partial charge >= 0.3 is 0 Å². The summed E-state index contributed by atoms with van der Waals surface area (Å²) in [7, 11) is 0. The van der Waals surface area contributed by atoms with Gasteiger partial charge in [0.1, 0.15) is 0 Å². The Morgan fingerprint density at radius 1 is 1.22 bits per heavy atom. The molecule has 2 heterocycles. The van der Waals surface area contributed by atoms with Crippen molar-refractivity contribution in [1.29, 1.82) is 0 Å². The summed E-state index contributed by atoms with van der Waals surface area (Å²) >= 11 is 3.69. The van der Waals surface area contributed by atoms with Crippen LogP contribution in [0.3, 0.4) is 0 Å². The molecule has 1 unspecified atom stereocenters. The summed E-state index contributed by atoms with van der Waals surface area (Å²) in [6.45, 7) is 8.94. The van der Waals surface area contributed by atoms with Gasteiger partial charge in [-0.2, -0.15) is 0 Å². The van der Waals surface area contributed by atoms with Crippen LogP contribution in [0.25, 0.3) is 11.4 Å². The minimum atomic E-state index is 0.341. The molecule has 0 amide bonds. The van der Waals surface area contributed by atoms with E-state index in [2.05, 4.69) is 72.1 Å². The highest BCUT2D eigenvalue weighted by molar-refractivity contribution is 7.98. The molecule has 27 heavy (non-hydrogen) atoms. The second kappa shape index (κ2) is 7.80. The van der Waals surface area contributed by atoms with Crippen molar-refractivity contribution in [3.63, 3.8) is 0 Å². The number of hydrogen-bond acceptors (Lipinski definition) is 4. The molecule has 0 spiro atoms. The standard InChI is InChI=1S/C22H27N3S2/c1-14(2)25-21(19-13-26-20-11-16(4)7-10-18(19)20)23-24-22(25)27-12-17-8-5-15(3)6-9-17/h5-6,8-9,13-14,16H,7,10-12H2,1-4H3. The Balaban J connectivity index is 1.62. The minimum absolute atomic E-state index is 0.341. The van der Waals surface area contributed by atoms with E-state index in [1.165, 1.54) is 41.5 Å². The molecule has 0 radical (unpaired) electrons. The van der Waals surface area contributed by atoms with Crippen LogP contribution < -0.4 is 0 Å². The number of thioether (sulfide) groups is 1. The van der Waals surface area contributed by atoms with E-state index >= 15 is 0 Å². The fraction of sp³-hybridized carbons (Fsp3) is 0.455. The third-order valence-corrected chi connectivity index (χ3v) is 7.38. The van der Waals surface area contributed by atoms with Crippen LogP contribution in [-0.4, -0.2) is 14.8 Å². The highest BCUT2D eigenvalue weighted by atomic mass is 32.2. The number of nitrogens with zero attached hydrogens (tertiary/aromatic N) is 3. The van der Waals surface area contributed by atoms with Gasteiger partial charge in [-0.3, -0.25) is 4.57 Å². The summed E-state index contributed by atoms with van der Waals surface area (Å²) in [6.07, 6.45) is 3.67. The minimum Gasteiger partial charge on any atom is -0.299 e. The Morgan fingerprint density at radius 3 is 2.74 bits per heavy atom. The number of hydrogen-bond donors (Lipinski definition) is 0. The van der Waals surface area contributed by atoms with Crippen LogP contribution in [0.5, 0.6) is 0 Å². The molecule has 0 N–H and O–H groups in total. The molecule has 0 aliphatic heterocycles. The largest absolute Gasteiger partial charge is 0.299 e. The Bertz CT molecular complexity index is 922. The summed E-state index contributed by atoms with van der Waals surface area (Å²) in [5, 5.41) is 12.5. The van der Waals surface area contributed by atoms with Crippen LogP contribution in [0.15, 0.2) is 34.8 Å². The molecular weight excluding hydrogens is 370 g/mol. The number of benzene rings is 1. The van der Waals surface area contributed by atoms with Gasteiger partial charge in [-0.1, -0.05) is 48.5 Å². The van der Waals surface area contributed by atoms with E-state index in [-0.39, 0.29) is 0 Å². The van der Waals surface area contributed by atoms with Crippen LogP contribution in [0.1, 0.15) is 54.8 Å². The lowest BCUT2D eigenvalue weighted by Gasteiger charge is -2.19. The molecule has 1 atom stereocenters. The first-order valence-corrected chi connectivity index (χ1v) is 11.6. The van der Waals surface area contributed by atoms with Crippen LogP contribution >= 0.6 is 23.1 Å². The average Bonchev–Trinajstić information content (AvgIpc) is 3.24. The Kier molecular flexibility index (Phi) is 5.42. The zero-order valence-corrected chi connectivity index (χ0v) is 18.2. The lowest BCUT2D eigenvalue weighted by molar-refractivity contribution is 0.507. The molecule has 3 aromatic rings. The number of aryl methyl sites for hydroxylation is 1. The van der Waals surface area contributed by atoms with Crippen molar-refractivity contribution >= 4 is 23.1 Å². The summed E-state index contributed by atoms with van der Waals surface area (Å²) < 4.78 is 2.32. The van der Waals surface area contributed by atoms with Gasteiger partial charge in [0, 0.05) is 27.6 Å². The molecule has 0 saturated heterocycles. The summed E-state index contributed by atoms with van der Waals surface area (Å²) in [5.41, 5.74) is 5.45. The average molecular weight is 398 g/mol. The smallest absolute Gasteiger partial charge is 0.192 e. The van der Waals surface area contributed by atoms with Gasteiger partial charge in [-0.25, -0.2) is 0 Å². The van der Waals surface area contributed by atoms with Crippen molar-refractivity contribution in [2.45, 2.75) is 63.9 Å². The third kappa shape index (κ3) is 3.85. The van der Waals surface area contributed by atoms with E-state index in [0.717, 1.165) is 22.7 Å². The predicted molar refractivity (Wildman–Crippen MR) is 116 cm³/mol. The van der Waals surface area contributed by atoms with Crippen LogP contribution in [0, 0.1) is 12.8 Å². The van der Waals surface area contributed by atoms with Gasteiger partial charge in [-0.05, 0) is 57.1 Å². The highest BCUT2D eigenvalue weighted by Crippen LogP contribution is 2.39. The SMILES string of the molecule is Cc1ccc(CSc2nnc(-c3csc4c3CCC(C)C4)n2C(C)C)cc1. The molecule has 3 nitrogen and oxygen atoms in total. The molecule has 2 aromatic heterocycles. The van der Waals surface area contributed by atoms with Gasteiger partial charge in [0.05, 0.1) is 0 Å². The zero-order valence-electron chi connectivity index (χ0n) is 16.5. The van der Waals surface area contributed by atoms with E-state index < -0.39 is 0 Å². The monoisotopic (exact) mass is 397 g/mol. The molecule has 1 aromatic carbocycles. The Hall–Kier alpha value is -1.59. The first kappa shape index (κ1) is 18.8. The number of aromatic nitrogens is 3. The first-order valence-electron chi connectivity index (χ1n) is 9.75. The maximum Gasteiger partial charge on any atom is 0.192 e. The van der Waals surface area contributed by atoms with Crippen molar-refractivity contribution in [2.24, 2.45) is 5.92 Å². The highest BCUT2D eigenvalue weighted by Gasteiger charge is 2.25. The summed E-state index contributed by atoms with van der Waals surface area (Å²) in [6, 6.07) is 9.10. The topological polar surface area (TPSA) is 30.7 Å². The van der Waals surface area contributed by atoms with Crippen molar-refractivity contribution in [2.75, 3.05) is 0 Å². The quantitative estimate of drug-likeness (QED) is 0.472. The molecule has 142 valence electrons. The Morgan fingerprint density at radius 2 is 2.00 bits per heavy atom. The second-order valence-corrected chi connectivity index (χ2v) is 9.85. The molecule has 5 heteroatoms. The third-order valence-electron chi connectivity index (χ3n) is 5.31. The van der Waals surface area contributed by atoms with Crippen molar-refractivity contribution in [1.82, 2.24) is 14.8 Å².